The topological polar surface area (TPSA) is 18.5 Å². The minimum atomic E-state index is -0.574. The molecule has 100 valence electrons. The van der Waals surface area contributed by atoms with Gasteiger partial charge in [-0.3, -0.25) is 0 Å². The summed E-state index contributed by atoms with van der Waals surface area (Å²) in [4.78, 5) is 1.22. The molecule has 0 bridgehead atoms. The van der Waals surface area contributed by atoms with Crippen molar-refractivity contribution < 1.29 is 9.47 Å². The number of ether oxygens (including phenoxy) is 2. The molecule has 0 atom stereocenters. The average molecular weight is 357 g/mol. The first-order chi connectivity index (χ1) is 9.16. The Balaban J connectivity index is 1.75. The summed E-state index contributed by atoms with van der Waals surface area (Å²) >= 11 is 6.98. The van der Waals surface area contributed by atoms with E-state index in [0.717, 1.165) is 10.0 Å². The zero-order valence-corrected chi connectivity index (χ0v) is 13.6. The van der Waals surface area contributed by atoms with Crippen LogP contribution < -0.4 is 0 Å². The Hall–Kier alpha value is -0.330. The molecule has 1 aliphatic heterocycles. The maximum atomic E-state index is 5.65. The zero-order valence-electron chi connectivity index (χ0n) is 10.4. The van der Waals surface area contributed by atoms with Gasteiger partial charge in [-0.15, -0.1) is 11.3 Å². The SMILES string of the molecule is CC1(c2ccc(Sc3cc(Br)cs3)cc2)OCCO1. The third-order valence-corrected chi connectivity index (χ3v) is 5.83. The average Bonchev–Trinajstić information content (AvgIpc) is 3.00. The van der Waals surface area contributed by atoms with Crippen LogP contribution >= 0.6 is 39.0 Å². The van der Waals surface area contributed by atoms with Gasteiger partial charge in [0.2, 0.25) is 0 Å². The molecule has 2 nitrogen and oxygen atoms in total. The maximum absolute atomic E-state index is 5.65. The molecule has 0 N–H and O–H groups in total. The molecule has 0 aliphatic carbocycles. The third kappa shape index (κ3) is 3.06. The first-order valence-corrected chi connectivity index (χ1v) is 8.45. The molecule has 0 amide bonds. The highest BCUT2D eigenvalue weighted by atomic mass is 79.9. The van der Waals surface area contributed by atoms with Crippen LogP contribution in [0.2, 0.25) is 0 Å². The van der Waals surface area contributed by atoms with Crippen LogP contribution in [-0.2, 0) is 15.3 Å². The molecule has 2 aromatic rings. The van der Waals surface area contributed by atoms with Gasteiger partial charge in [-0.1, -0.05) is 23.9 Å². The smallest absolute Gasteiger partial charge is 0.192 e. The fourth-order valence-electron chi connectivity index (χ4n) is 1.97. The minimum absolute atomic E-state index is 0.574. The van der Waals surface area contributed by atoms with Crippen molar-refractivity contribution in [3.05, 3.63) is 45.7 Å². The van der Waals surface area contributed by atoms with Crippen LogP contribution in [0.5, 0.6) is 0 Å². The van der Waals surface area contributed by atoms with Crippen LogP contribution in [0.3, 0.4) is 0 Å². The van der Waals surface area contributed by atoms with Crippen molar-refractivity contribution in [1.82, 2.24) is 0 Å². The molecule has 1 aromatic carbocycles. The van der Waals surface area contributed by atoms with Crippen molar-refractivity contribution in [1.29, 1.82) is 0 Å². The summed E-state index contributed by atoms with van der Waals surface area (Å²) in [6, 6.07) is 10.5. The lowest BCUT2D eigenvalue weighted by Gasteiger charge is -2.22. The molecular formula is C14H13BrO2S2. The van der Waals surface area contributed by atoms with Crippen molar-refractivity contribution in [3.63, 3.8) is 0 Å². The molecule has 19 heavy (non-hydrogen) atoms. The summed E-state index contributed by atoms with van der Waals surface area (Å²) in [7, 11) is 0. The first kappa shape index (κ1) is 13.6. The summed E-state index contributed by atoms with van der Waals surface area (Å²) in [5, 5.41) is 2.10. The molecule has 1 aliphatic rings. The molecule has 1 saturated heterocycles. The van der Waals surface area contributed by atoms with E-state index >= 15 is 0 Å². The fourth-order valence-corrected chi connectivity index (χ4v) is 4.59. The van der Waals surface area contributed by atoms with Gasteiger partial charge in [0.15, 0.2) is 5.79 Å². The number of benzene rings is 1. The predicted molar refractivity (Wildman–Crippen MR) is 81.8 cm³/mol. The number of halogens is 1. The lowest BCUT2D eigenvalue weighted by molar-refractivity contribution is -0.149. The van der Waals surface area contributed by atoms with Crippen LogP contribution in [0.1, 0.15) is 12.5 Å². The molecule has 0 unspecified atom stereocenters. The highest BCUT2D eigenvalue weighted by Gasteiger charge is 2.32. The van der Waals surface area contributed by atoms with Gasteiger partial charge in [0.1, 0.15) is 0 Å². The summed E-state index contributed by atoms with van der Waals surface area (Å²) in [6.45, 7) is 3.30. The van der Waals surface area contributed by atoms with Gasteiger partial charge >= 0.3 is 0 Å². The van der Waals surface area contributed by atoms with Gasteiger partial charge in [-0.25, -0.2) is 0 Å². The van der Waals surface area contributed by atoms with Gasteiger partial charge < -0.3 is 9.47 Å². The Morgan fingerprint density at radius 3 is 2.47 bits per heavy atom. The normalized spacial score (nSPS) is 17.8. The maximum Gasteiger partial charge on any atom is 0.192 e. The second-order valence-corrected chi connectivity index (χ2v) is 7.55. The van der Waals surface area contributed by atoms with Crippen LogP contribution in [0, 0.1) is 0 Å². The molecule has 5 heteroatoms. The third-order valence-electron chi connectivity index (χ3n) is 2.98. The molecule has 2 heterocycles. The zero-order chi connectivity index (χ0) is 13.3. The monoisotopic (exact) mass is 356 g/mol. The Kier molecular flexibility index (Phi) is 4.01. The van der Waals surface area contributed by atoms with E-state index in [1.807, 2.05) is 6.92 Å². The van der Waals surface area contributed by atoms with Gasteiger partial charge in [-0.05, 0) is 41.1 Å². The van der Waals surface area contributed by atoms with Gasteiger partial charge in [0, 0.05) is 20.3 Å². The summed E-state index contributed by atoms with van der Waals surface area (Å²) < 4.78 is 13.7. The molecule has 0 radical (unpaired) electrons. The number of hydrogen-bond acceptors (Lipinski definition) is 4. The van der Waals surface area contributed by atoms with E-state index in [4.69, 9.17) is 9.47 Å². The van der Waals surface area contributed by atoms with Gasteiger partial charge in [0.25, 0.3) is 0 Å². The summed E-state index contributed by atoms with van der Waals surface area (Å²) in [6.07, 6.45) is 0. The van der Waals surface area contributed by atoms with E-state index in [1.165, 1.54) is 9.10 Å². The Bertz CT molecular complexity index is 559. The van der Waals surface area contributed by atoms with Crippen LogP contribution in [0.25, 0.3) is 0 Å². The minimum Gasteiger partial charge on any atom is -0.344 e. The summed E-state index contributed by atoms with van der Waals surface area (Å²) in [5.74, 6) is -0.574. The van der Waals surface area contributed by atoms with Crippen LogP contribution in [0.4, 0.5) is 0 Å². The largest absolute Gasteiger partial charge is 0.344 e. The summed E-state index contributed by atoms with van der Waals surface area (Å²) in [5.41, 5.74) is 1.07. The molecule has 1 aromatic heterocycles. The lowest BCUT2D eigenvalue weighted by Crippen LogP contribution is -2.22. The molecule has 3 rings (SSSR count). The number of hydrogen-bond donors (Lipinski definition) is 0. The quantitative estimate of drug-likeness (QED) is 0.780. The fraction of sp³-hybridized carbons (Fsp3) is 0.286. The van der Waals surface area contributed by atoms with Gasteiger partial charge in [0.05, 0.1) is 17.4 Å². The van der Waals surface area contributed by atoms with Crippen LogP contribution in [0.15, 0.2) is 49.3 Å². The highest BCUT2D eigenvalue weighted by molar-refractivity contribution is 9.10. The Morgan fingerprint density at radius 2 is 1.89 bits per heavy atom. The number of rotatable bonds is 3. The van der Waals surface area contributed by atoms with E-state index in [9.17, 15) is 0 Å². The second kappa shape index (κ2) is 5.58. The standard InChI is InChI=1S/C14H13BrO2S2/c1-14(16-6-7-17-14)10-2-4-12(5-3-10)19-13-8-11(15)9-18-13/h2-5,8-9H,6-7H2,1H3. The molecule has 0 spiro atoms. The van der Waals surface area contributed by atoms with Gasteiger partial charge in [-0.2, -0.15) is 0 Å². The van der Waals surface area contributed by atoms with Crippen molar-refractivity contribution >= 4 is 39.0 Å². The Labute approximate surface area is 129 Å². The highest BCUT2D eigenvalue weighted by Crippen LogP contribution is 2.36. The lowest BCUT2D eigenvalue weighted by atomic mass is 10.1. The molecule has 1 fully saturated rings. The van der Waals surface area contributed by atoms with E-state index in [1.54, 1.807) is 23.1 Å². The van der Waals surface area contributed by atoms with Crippen molar-refractivity contribution in [2.45, 2.75) is 21.8 Å². The molecular weight excluding hydrogens is 344 g/mol. The van der Waals surface area contributed by atoms with Crippen molar-refractivity contribution in [3.8, 4) is 0 Å². The van der Waals surface area contributed by atoms with E-state index in [0.29, 0.717) is 13.2 Å². The molecule has 0 saturated carbocycles. The Morgan fingerprint density at radius 1 is 1.21 bits per heavy atom. The van der Waals surface area contributed by atoms with Crippen LogP contribution in [-0.4, -0.2) is 13.2 Å². The van der Waals surface area contributed by atoms with E-state index in [2.05, 4.69) is 51.6 Å². The van der Waals surface area contributed by atoms with Crippen molar-refractivity contribution in [2.24, 2.45) is 0 Å². The van der Waals surface area contributed by atoms with E-state index < -0.39 is 5.79 Å². The first-order valence-electron chi connectivity index (χ1n) is 5.96. The van der Waals surface area contributed by atoms with Crippen molar-refractivity contribution in [2.75, 3.05) is 13.2 Å². The predicted octanol–water partition coefficient (Wildman–Crippen LogP) is 4.88. The van der Waals surface area contributed by atoms with E-state index in [-0.39, 0.29) is 0 Å². The second-order valence-electron chi connectivity index (χ2n) is 4.35. The number of thiophene rings is 1.